The molecule has 3 fully saturated rings. The van der Waals surface area contributed by atoms with Crippen LogP contribution in [0.3, 0.4) is 0 Å². The molecule has 0 bridgehead atoms. The molecule has 2 saturated carbocycles. The molecule has 0 unspecified atom stereocenters. The van der Waals surface area contributed by atoms with Gasteiger partial charge in [-0.25, -0.2) is 4.79 Å². The molecule has 194 valence electrons. The van der Waals surface area contributed by atoms with Crippen LogP contribution in [0, 0.1) is 22.7 Å². The second-order valence-corrected chi connectivity index (χ2v) is 10.9. The summed E-state index contributed by atoms with van der Waals surface area (Å²) in [5.74, 6) is -1.62. The Labute approximate surface area is 205 Å². The summed E-state index contributed by atoms with van der Waals surface area (Å²) in [7, 11) is 0. The summed E-state index contributed by atoms with van der Waals surface area (Å²) in [6, 6.07) is 0. The fourth-order valence-electron chi connectivity index (χ4n) is 7.15. The first kappa shape index (κ1) is 25.7. The molecule has 7 atom stereocenters. The van der Waals surface area contributed by atoms with Crippen molar-refractivity contribution in [3.63, 3.8) is 0 Å². The first-order valence-corrected chi connectivity index (χ1v) is 12.4. The average Bonchev–Trinajstić information content (AvgIpc) is 3.40. The summed E-state index contributed by atoms with van der Waals surface area (Å²) >= 11 is 0. The van der Waals surface area contributed by atoms with Gasteiger partial charge in [-0.2, -0.15) is 0 Å². The second kappa shape index (κ2) is 9.22. The SMILES string of the molecule is CC(=O)OC[C@@]12[C@@H](OC(C)=O)C[C@@H](C)[C@](C)(C[C@H](OC(C)=O)C3=CC(=O)OC3)[C@H]1CCC[C@]21CO1. The molecule has 1 saturated heterocycles. The highest BCUT2D eigenvalue weighted by molar-refractivity contribution is 5.85. The molecular formula is C26H36O9. The molecule has 35 heavy (non-hydrogen) atoms. The number of fused-ring (bicyclic) bond motifs is 2. The van der Waals surface area contributed by atoms with Gasteiger partial charge in [0.05, 0.1) is 12.0 Å². The zero-order chi connectivity index (χ0) is 25.6. The Morgan fingerprint density at radius 2 is 1.89 bits per heavy atom. The monoisotopic (exact) mass is 492 g/mol. The van der Waals surface area contributed by atoms with Crippen molar-refractivity contribution in [2.45, 2.75) is 84.5 Å². The highest BCUT2D eigenvalue weighted by atomic mass is 16.6. The number of cyclic esters (lactones) is 1. The van der Waals surface area contributed by atoms with Crippen molar-refractivity contribution in [1.29, 1.82) is 0 Å². The van der Waals surface area contributed by atoms with Gasteiger partial charge in [-0.05, 0) is 42.9 Å². The van der Waals surface area contributed by atoms with Gasteiger partial charge in [-0.3, -0.25) is 14.4 Å². The second-order valence-electron chi connectivity index (χ2n) is 10.9. The molecule has 0 N–H and O–H groups in total. The Hall–Kier alpha value is -2.42. The molecule has 4 aliphatic rings. The average molecular weight is 493 g/mol. The molecule has 0 radical (unpaired) electrons. The minimum atomic E-state index is -0.721. The fourth-order valence-corrected chi connectivity index (χ4v) is 7.15. The van der Waals surface area contributed by atoms with E-state index < -0.39 is 46.5 Å². The molecule has 4 rings (SSSR count). The lowest BCUT2D eigenvalue weighted by molar-refractivity contribution is -0.232. The minimum Gasteiger partial charge on any atom is -0.465 e. The van der Waals surface area contributed by atoms with E-state index >= 15 is 0 Å². The van der Waals surface area contributed by atoms with Crippen LogP contribution in [0.5, 0.6) is 0 Å². The minimum absolute atomic E-state index is 0.0459. The molecule has 0 aromatic rings. The highest BCUT2D eigenvalue weighted by Gasteiger charge is 2.75. The van der Waals surface area contributed by atoms with E-state index in [1.54, 1.807) is 0 Å². The van der Waals surface area contributed by atoms with Gasteiger partial charge in [-0.15, -0.1) is 0 Å². The van der Waals surface area contributed by atoms with Crippen LogP contribution >= 0.6 is 0 Å². The molecule has 0 amide bonds. The number of carbonyl (C=O) groups is 4. The maximum atomic E-state index is 12.2. The van der Waals surface area contributed by atoms with Crippen molar-refractivity contribution in [3.05, 3.63) is 11.6 Å². The Bertz CT molecular complexity index is 935. The van der Waals surface area contributed by atoms with E-state index in [9.17, 15) is 19.2 Å². The summed E-state index contributed by atoms with van der Waals surface area (Å²) in [4.78, 5) is 48.0. The van der Waals surface area contributed by atoms with Crippen LogP contribution in [0.25, 0.3) is 0 Å². The largest absolute Gasteiger partial charge is 0.465 e. The first-order chi connectivity index (χ1) is 16.4. The maximum absolute atomic E-state index is 12.2. The van der Waals surface area contributed by atoms with Gasteiger partial charge in [0.1, 0.15) is 31.0 Å². The number of carbonyl (C=O) groups excluding carboxylic acids is 4. The Morgan fingerprint density at radius 1 is 1.17 bits per heavy atom. The van der Waals surface area contributed by atoms with E-state index in [2.05, 4.69) is 13.8 Å². The van der Waals surface area contributed by atoms with Crippen molar-refractivity contribution in [1.82, 2.24) is 0 Å². The van der Waals surface area contributed by atoms with E-state index in [4.69, 9.17) is 23.7 Å². The Kier molecular flexibility index (Phi) is 6.76. The molecule has 1 spiro atoms. The molecule has 0 aromatic carbocycles. The molecule has 9 nitrogen and oxygen atoms in total. The zero-order valence-electron chi connectivity index (χ0n) is 21.2. The topological polar surface area (TPSA) is 118 Å². The van der Waals surface area contributed by atoms with Crippen molar-refractivity contribution in [2.75, 3.05) is 19.8 Å². The predicted molar refractivity (Wildman–Crippen MR) is 122 cm³/mol. The van der Waals surface area contributed by atoms with Crippen molar-refractivity contribution < 1.29 is 42.9 Å². The number of hydrogen-bond acceptors (Lipinski definition) is 9. The van der Waals surface area contributed by atoms with Crippen molar-refractivity contribution >= 4 is 23.9 Å². The third-order valence-corrected chi connectivity index (χ3v) is 8.95. The van der Waals surface area contributed by atoms with Crippen molar-refractivity contribution in [2.24, 2.45) is 22.7 Å². The Morgan fingerprint density at radius 3 is 2.43 bits per heavy atom. The van der Waals surface area contributed by atoms with Crippen LogP contribution in [-0.4, -0.2) is 61.5 Å². The van der Waals surface area contributed by atoms with E-state index in [0.717, 1.165) is 19.3 Å². The van der Waals surface area contributed by atoms with Gasteiger partial charge in [0, 0.05) is 32.4 Å². The Balaban J connectivity index is 1.78. The number of ether oxygens (including phenoxy) is 5. The zero-order valence-corrected chi connectivity index (χ0v) is 21.2. The van der Waals surface area contributed by atoms with Gasteiger partial charge in [-0.1, -0.05) is 20.3 Å². The number of rotatable bonds is 7. The number of epoxide rings is 1. The molecule has 2 aliphatic carbocycles. The van der Waals surface area contributed by atoms with E-state index in [1.165, 1.54) is 26.8 Å². The number of esters is 4. The number of hydrogen-bond donors (Lipinski definition) is 0. The smallest absolute Gasteiger partial charge is 0.331 e. The highest BCUT2D eigenvalue weighted by Crippen LogP contribution is 2.69. The van der Waals surface area contributed by atoms with Gasteiger partial charge in [0.15, 0.2) is 0 Å². The van der Waals surface area contributed by atoms with E-state index in [-0.39, 0.29) is 31.0 Å². The first-order valence-electron chi connectivity index (χ1n) is 12.4. The van der Waals surface area contributed by atoms with Crippen LogP contribution in [0.1, 0.15) is 66.7 Å². The van der Waals surface area contributed by atoms with E-state index in [0.29, 0.717) is 25.0 Å². The summed E-state index contributed by atoms with van der Waals surface area (Å²) in [6.45, 7) is 9.13. The third kappa shape index (κ3) is 4.47. The molecular weight excluding hydrogens is 456 g/mol. The summed E-state index contributed by atoms with van der Waals surface area (Å²) < 4.78 is 28.6. The summed E-state index contributed by atoms with van der Waals surface area (Å²) in [5.41, 5.74) is -1.02. The molecule has 2 aliphatic heterocycles. The predicted octanol–water partition coefficient (Wildman–Crippen LogP) is 2.89. The van der Waals surface area contributed by atoms with Gasteiger partial charge in [0.2, 0.25) is 0 Å². The normalized spacial score (nSPS) is 38.6. The van der Waals surface area contributed by atoms with Gasteiger partial charge in [0.25, 0.3) is 0 Å². The summed E-state index contributed by atoms with van der Waals surface area (Å²) in [6.07, 6.45) is 3.87. The maximum Gasteiger partial charge on any atom is 0.331 e. The molecule has 9 heteroatoms. The van der Waals surface area contributed by atoms with Crippen LogP contribution in [0.2, 0.25) is 0 Å². The van der Waals surface area contributed by atoms with Crippen LogP contribution in [0.4, 0.5) is 0 Å². The quantitative estimate of drug-likeness (QED) is 0.300. The van der Waals surface area contributed by atoms with E-state index in [1.807, 2.05) is 0 Å². The van der Waals surface area contributed by atoms with Gasteiger partial charge < -0.3 is 23.7 Å². The van der Waals surface area contributed by atoms with Crippen LogP contribution in [-0.2, 0) is 42.9 Å². The lowest BCUT2D eigenvalue weighted by atomic mass is 9.42. The lowest BCUT2D eigenvalue weighted by Gasteiger charge is -2.63. The lowest BCUT2D eigenvalue weighted by Crippen LogP contribution is -2.67. The van der Waals surface area contributed by atoms with Crippen molar-refractivity contribution in [3.8, 4) is 0 Å². The molecule has 0 aromatic heterocycles. The third-order valence-electron chi connectivity index (χ3n) is 8.95. The fraction of sp³-hybridized carbons (Fsp3) is 0.769. The standard InChI is InChI=1S/C26H36O9/c1-15-9-22(35-18(4)29)26(14-32-16(2)27)21(7-6-8-25(26)13-33-25)24(15,5)11-20(34-17(3)28)19-10-23(30)31-12-19/h10,15,20-22H,6-9,11-14H2,1-5H3/t15-,20+,21-,22+,24+,25+,26+/m1/s1. The van der Waals surface area contributed by atoms with Gasteiger partial charge >= 0.3 is 23.9 Å². The summed E-state index contributed by atoms with van der Waals surface area (Å²) in [5, 5.41) is 0. The molecule has 2 heterocycles. The van der Waals surface area contributed by atoms with Crippen LogP contribution in [0.15, 0.2) is 11.6 Å². The van der Waals surface area contributed by atoms with Crippen LogP contribution < -0.4 is 0 Å².